The van der Waals surface area contributed by atoms with Crippen molar-refractivity contribution in [1.29, 1.82) is 0 Å². The van der Waals surface area contributed by atoms with E-state index in [2.05, 4.69) is 15.2 Å². The molecule has 126 valence electrons. The largest absolute Gasteiger partial charge is 0.399 e. The molecule has 1 aliphatic heterocycles. The topological polar surface area (TPSA) is 80.5 Å². The molecular weight excluding hydrogens is 304 g/mol. The molecule has 3 rings (SSSR count). The van der Waals surface area contributed by atoms with Gasteiger partial charge in [-0.25, -0.2) is 4.98 Å². The zero-order valence-electron chi connectivity index (χ0n) is 13.6. The number of nitrogens with two attached hydrogens (primary N) is 1. The number of morpholine rings is 1. The number of carbonyl (C=O) groups excluding carboxylic acids is 1. The molecule has 2 heterocycles. The molecule has 0 atom stereocenters. The van der Waals surface area contributed by atoms with E-state index in [1.165, 1.54) is 0 Å². The zero-order valence-corrected chi connectivity index (χ0v) is 13.6. The Balaban J connectivity index is 1.52. The van der Waals surface area contributed by atoms with Crippen LogP contribution in [0.1, 0.15) is 12.0 Å². The SMILES string of the molecule is Nc1ccccc1CCC(=O)Nc1ccc(N2CCOCC2)nc1. The van der Waals surface area contributed by atoms with E-state index < -0.39 is 0 Å². The molecule has 1 saturated heterocycles. The normalized spacial score (nSPS) is 14.4. The van der Waals surface area contributed by atoms with Crippen LogP contribution < -0.4 is 16.0 Å². The summed E-state index contributed by atoms with van der Waals surface area (Å²) >= 11 is 0. The second-order valence-electron chi connectivity index (χ2n) is 5.75. The molecule has 1 aromatic heterocycles. The molecule has 3 N–H and O–H groups in total. The first-order chi connectivity index (χ1) is 11.7. The molecule has 24 heavy (non-hydrogen) atoms. The number of anilines is 3. The lowest BCUT2D eigenvalue weighted by Gasteiger charge is -2.27. The van der Waals surface area contributed by atoms with Gasteiger partial charge in [-0.15, -0.1) is 0 Å². The van der Waals surface area contributed by atoms with Crippen LogP contribution in [0.25, 0.3) is 0 Å². The monoisotopic (exact) mass is 326 g/mol. The van der Waals surface area contributed by atoms with Crippen LogP contribution in [0.3, 0.4) is 0 Å². The van der Waals surface area contributed by atoms with Gasteiger partial charge in [0.25, 0.3) is 0 Å². The van der Waals surface area contributed by atoms with Gasteiger partial charge in [-0.3, -0.25) is 4.79 Å². The molecule has 0 spiro atoms. The van der Waals surface area contributed by atoms with Gasteiger partial charge in [0.05, 0.1) is 25.1 Å². The fraction of sp³-hybridized carbons (Fsp3) is 0.333. The van der Waals surface area contributed by atoms with Gasteiger partial charge in [0.1, 0.15) is 5.82 Å². The van der Waals surface area contributed by atoms with Crippen molar-refractivity contribution >= 4 is 23.1 Å². The highest BCUT2D eigenvalue weighted by atomic mass is 16.5. The highest BCUT2D eigenvalue weighted by molar-refractivity contribution is 5.90. The predicted molar refractivity (Wildman–Crippen MR) is 95.1 cm³/mol. The van der Waals surface area contributed by atoms with Crippen LogP contribution in [-0.2, 0) is 16.0 Å². The van der Waals surface area contributed by atoms with E-state index >= 15 is 0 Å². The van der Waals surface area contributed by atoms with E-state index in [9.17, 15) is 4.79 Å². The number of nitrogen functional groups attached to an aromatic ring is 1. The summed E-state index contributed by atoms with van der Waals surface area (Å²) in [5.41, 5.74) is 8.32. The molecule has 0 radical (unpaired) electrons. The summed E-state index contributed by atoms with van der Waals surface area (Å²) in [6.07, 6.45) is 2.71. The minimum Gasteiger partial charge on any atom is -0.399 e. The number of aromatic nitrogens is 1. The number of benzene rings is 1. The van der Waals surface area contributed by atoms with Gasteiger partial charge in [-0.05, 0) is 30.2 Å². The van der Waals surface area contributed by atoms with E-state index in [-0.39, 0.29) is 5.91 Å². The Morgan fingerprint density at radius 2 is 2.00 bits per heavy atom. The van der Waals surface area contributed by atoms with Crippen LogP contribution in [0.5, 0.6) is 0 Å². The molecule has 6 nitrogen and oxygen atoms in total. The van der Waals surface area contributed by atoms with Crippen LogP contribution in [-0.4, -0.2) is 37.2 Å². The van der Waals surface area contributed by atoms with Crippen molar-refractivity contribution in [3.05, 3.63) is 48.2 Å². The maximum atomic E-state index is 12.1. The maximum Gasteiger partial charge on any atom is 0.224 e. The lowest BCUT2D eigenvalue weighted by Crippen LogP contribution is -2.36. The Morgan fingerprint density at radius 1 is 1.21 bits per heavy atom. The summed E-state index contributed by atoms with van der Waals surface area (Å²) in [6, 6.07) is 11.4. The Morgan fingerprint density at radius 3 is 2.71 bits per heavy atom. The molecule has 1 aliphatic rings. The van der Waals surface area contributed by atoms with Gasteiger partial charge in [-0.1, -0.05) is 18.2 Å². The van der Waals surface area contributed by atoms with Crippen molar-refractivity contribution in [2.45, 2.75) is 12.8 Å². The van der Waals surface area contributed by atoms with E-state index in [0.29, 0.717) is 18.5 Å². The number of amides is 1. The van der Waals surface area contributed by atoms with Crippen LogP contribution >= 0.6 is 0 Å². The van der Waals surface area contributed by atoms with Crippen molar-refractivity contribution in [3.8, 4) is 0 Å². The molecule has 6 heteroatoms. The van der Waals surface area contributed by atoms with Crippen LogP contribution in [0, 0.1) is 0 Å². The quantitative estimate of drug-likeness (QED) is 0.822. The minimum absolute atomic E-state index is 0.0424. The number of nitrogens with one attached hydrogen (secondary N) is 1. The molecule has 1 amide bonds. The maximum absolute atomic E-state index is 12.1. The molecule has 0 aliphatic carbocycles. The average molecular weight is 326 g/mol. The molecule has 1 fully saturated rings. The van der Waals surface area contributed by atoms with Crippen molar-refractivity contribution in [2.24, 2.45) is 0 Å². The number of hydrogen-bond donors (Lipinski definition) is 2. The number of aryl methyl sites for hydroxylation is 1. The third kappa shape index (κ3) is 4.23. The average Bonchev–Trinajstić information content (AvgIpc) is 2.62. The smallest absolute Gasteiger partial charge is 0.224 e. The number of para-hydroxylation sites is 1. The number of nitrogens with zero attached hydrogens (tertiary/aromatic N) is 2. The van der Waals surface area contributed by atoms with E-state index in [0.717, 1.165) is 43.4 Å². The van der Waals surface area contributed by atoms with Gasteiger partial charge in [-0.2, -0.15) is 0 Å². The third-order valence-electron chi connectivity index (χ3n) is 4.04. The summed E-state index contributed by atoms with van der Waals surface area (Å²) in [6.45, 7) is 3.14. The Kier molecular flexibility index (Phi) is 5.28. The van der Waals surface area contributed by atoms with E-state index in [4.69, 9.17) is 10.5 Å². The molecular formula is C18H22N4O2. The van der Waals surface area contributed by atoms with Crippen LogP contribution in [0.2, 0.25) is 0 Å². The first-order valence-corrected chi connectivity index (χ1v) is 8.14. The van der Waals surface area contributed by atoms with Gasteiger partial charge in [0.15, 0.2) is 0 Å². The molecule has 0 bridgehead atoms. The molecule has 2 aromatic rings. The summed E-state index contributed by atoms with van der Waals surface area (Å²) in [7, 11) is 0. The van der Waals surface area contributed by atoms with E-state index in [1.54, 1.807) is 6.20 Å². The van der Waals surface area contributed by atoms with Crippen LogP contribution in [0.15, 0.2) is 42.6 Å². The lowest BCUT2D eigenvalue weighted by molar-refractivity contribution is -0.116. The second-order valence-corrected chi connectivity index (χ2v) is 5.75. The summed E-state index contributed by atoms with van der Waals surface area (Å²) in [5, 5.41) is 2.88. The predicted octanol–water partition coefficient (Wildman–Crippen LogP) is 2.07. The standard InChI is InChI=1S/C18H22N4O2/c19-16-4-2-1-3-14(16)5-8-18(23)21-15-6-7-17(20-13-15)22-9-11-24-12-10-22/h1-4,6-7,13H,5,8-12,19H2,(H,21,23). The highest BCUT2D eigenvalue weighted by Gasteiger charge is 2.12. The van der Waals surface area contributed by atoms with Gasteiger partial charge in [0.2, 0.25) is 5.91 Å². The van der Waals surface area contributed by atoms with Crippen molar-refractivity contribution < 1.29 is 9.53 Å². The van der Waals surface area contributed by atoms with E-state index in [1.807, 2.05) is 36.4 Å². The van der Waals surface area contributed by atoms with Crippen molar-refractivity contribution in [2.75, 3.05) is 42.3 Å². The van der Waals surface area contributed by atoms with Crippen molar-refractivity contribution in [1.82, 2.24) is 4.98 Å². The second kappa shape index (κ2) is 7.79. The summed E-state index contributed by atoms with van der Waals surface area (Å²) in [4.78, 5) is 18.7. The lowest BCUT2D eigenvalue weighted by atomic mass is 10.1. The highest BCUT2D eigenvalue weighted by Crippen LogP contribution is 2.16. The number of pyridine rings is 1. The van der Waals surface area contributed by atoms with Gasteiger partial charge >= 0.3 is 0 Å². The molecule has 0 unspecified atom stereocenters. The fourth-order valence-corrected chi connectivity index (χ4v) is 2.67. The number of hydrogen-bond acceptors (Lipinski definition) is 5. The Labute approximate surface area is 141 Å². The molecule has 1 aromatic carbocycles. The van der Waals surface area contributed by atoms with Crippen molar-refractivity contribution in [3.63, 3.8) is 0 Å². The van der Waals surface area contributed by atoms with Crippen LogP contribution in [0.4, 0.5) is 17.2 Å². The fourth-order valence-electron chi connectivity index (χ4n) is 2.67. The summed E-state index contributed by atoms with van der Waals surface area (Å²) < 4.78 is 5.33. The molecule has 0 saturated carbocycles. The minimum atomic E-state index is -0.0424. The Hall–Kier alpha value is -2.60. The number of ether oxygens (including phenoxy) is 1. The first-order valence-electron chi connectivity index (χ1n) is 8.14. The summed E-state index contributed by atoms with van der Waals surface area (Å²) in [5.74, 6) is 0.868. The Bertz CT molecular complexity index is 682. The van der Waals surface area contributed by atoms with Gasteiger partial charge < -0.3 is 20.7 Å². The zero-order chi connectivity index (χ0) is 16.8. The third-order valence-corrected chi connectivity index (χ3v) is 4.04. The number of rotatable bonds is 5. The number of carbonyl (C=O) groups is 1. The van der Waals surface area contributed by atoms with Gasteiger partial charge in [0, 0.05) is 25.2 Å². The first kappa shape index (κ1) is 16.3.